The molecule has 4 nitrogen and oxygen atoms in total. The number of nitrogens with zero attached hydrogens (tertiary/aromatic N) is 1. The van der Waals surface area contributed by atoms with Gasteiger partial charge in [0.1, 0.15) is 0 Å². The minimum Gasteiger partial charge on any atom is -0.459 e. The molecule has 0 spiro atoms. The zero-order chi connectivity index (χ0) is 14.1. The van der Waals surface area contributed by atoms with Gasteiger partial charge in [-0.15, -0.1) is 0 Å². The monoisotopic (exact) mass is 307 g/mol. The first-order valence-electron chi connectivity index (χ1n) is 5.65. The van der Waals surface area contributed by atoms with Gasteiger partial charge in [0.05, 0.1) is 6.26 Å². The van der Waals surface area contributed by atoms with Crippen LogP contribution in [0.5, 0.6) is 0 Å². The van der Waals surface area contributed by atoms with Gasteiger partial charge in [-0.3, -0.25) is 0 Å². The topological polar surface area (TPSA) is 51.8 Å². The fraction of sp³-hybridized carbons (Fsp3) is 0. The van der Waals surface area contributed by atoms with E-state index < -0.39 is 5.97 Å². The summed E-state index contributed by atoms with van der Waals surface area (Å²) in [5, 5.41) is 0.949. The highest BCUT2D eigenvalue weighted by Crippen LogP contribution is 2.25. The van der Waals surface area contributed by atoms with Crippen molar-refractivity contribution in [1.29, 1.82) is 0 Å². The maximum Gasteiger partial charge on any atom is 0.363 e. The Kier molecular flexibility index (Phi) is 3.34. The second-order valence-electron chi connectivity index (χ2n) is 3.98. The second kappa shape index (κ2) is 5.15. The van der Waals surface area contributed by atoms with E-state index in [1.807, 2.05) is 0 Å². The van der Waals surface area contributed by atoms with Gasteiger partial charge in [-0.2, -0.15) is 0 Å². The van der Waals surface area contributed by atoms with Gasteiger partial charge in [-0.1, -0.05) is 29.3 Å². The van der Waals surface area contributed by atoms with E-state index in [2.05, 4.69) is 4.99 Å². The van der Waals surface area contributed by atoms with E-state index in [9.17, 15) is 4.79 Å². The van der Waals surface area contributed by atoms with Crippen LogP contribution in [0.2, 0.25) is 10.0 Å². The molecule has 2 aromatic rings. The van der Waals surface area contributed by atoms with Gasteiger partial charge in [0.15, 0.2) is 11.5 Å². The smallest absolute Gasteiger partial charge is 0.363 e. The number of esters is 1. The van der Waals surface area contributed by atoms with Crippen molar-refractivity contribution in [3.8, 4) is 0 Å². The summed E-state index contributed by atoms with van der Waals surface area (Å²) in [7, 11) is 0. The average molecular weight is 308 g/mol. The molecule has 6 heteroatoms. The van der Waals surface area contributed by atoms with Crippen LogP contribution in [0.4, 0.5) is 0 Å². The van der Waals surface area contributed by atoms with Gasteiger partial charge < -0.3 is 9.15 Å². The first kappa shape index (κ1) is 13.0. The minimum absolute atomic E-state index is 0.135. The summed E-state index contributed by atoms with van der Waals surface area (Å²) in [6.07, 6.45) is 3.01. The highest BCUT2D eigenvalue weighted by molar-refractivity contribution is 6.35. The number of hydrogen-bond donors (Lipinski definition) is 0. The van der Waals surface area contributed by atoms with E-state index in [-0.39, 0.29) is 11.6 Å². The van der Waals surface area contributed by atoms with Crippen molar-refractivity contribution in [3.63, 3.8) is 0 Å². The lowest BCUT2D eigenvalue weighted by Crippen LogP contribution is -2.04. The van der Waals surface area contributed by atoms with Crippen molar-refractivity contribution < 1.29 is 13.9 Å². The third-order valence-corrected chi connectivity index (χ3v) is 3.17. The first-order chi connectivity index (χ1) is 9.63. The number of ether oxygens (including phenoxy) is 1. The second-order valence-corrected chi connectivity index (χ2v) is 4.82. The molecule has 1 aliphatic heterocycles. The Labute approximate surface area is 124 Å². The first-order valence-corrected chi connectivity index (χ1v) is 6.40. The maximum atomic E-state index is 11.7. The van der Waals surface area contributed by atoms with Crippen LogP contribution in [0.3, 0.4) is 0 Å². The number of carbonyl (C=O) groups excluding carboxylic acids is 1. The van der Waals surface area contributed by atoms with E-state index in [1.165, 1.54) is 12.3 Å². The average Bonchev–Trinajstić information content (AvgIpc) is 3.03. The Hall–Kier alpha value is -2.04. The number of hydrogen-bond acceptors (Lipinski definition) is 4. The SMILES string of the molecule is O=C1OC(c2ccco2)=N/C1=C/c1ccc(Cl)cc1Cl. The number of carbonyl (C=O) groups is 1. The minimum atomic E-state index is -0.553. The van der Waals surface area contributed by atoms with Gasteiger partial charge in [0, 0.05) is 10.0 Å². The molecule has 0 saturated carbocycles. The lowest BCUT2D eigenvalue weighted by molar-refractivity contribution is -0.130. The molecule has 2 heterocycles. The molecule has 3 rings (SSSR count). The molecular weight excluding hydrogens is 301 g/mol. The Morgan fingerprint density at radius 1 is 1.20 bits per heavy atom. The molecule has 0 fully saturated rings. The molecule has 0 atom stereocenters. The number of furan rings is 1. The molecule has 1 aromatic heterocycles. The van der Waals surface area contributed by atoms with Crippen LogP contribution < -0.4 is 0 Å². The molecule has 0 amide bonds. The number of cyclic esters (lactones) is 1. The number of benzene rings is 1. The van der Waals surface area contributed by atoms with Crippen molar-refractivity contribution in [2.45, 2.75) is 0 Å². The molecule has 100 valence electrons. The summed E-state index contributed by atoms with van der Waals surface area (Å²) in [6, 6.07) is 8.31. The number of rotatable bonds is 2. The Bertz CT molecular complexity index is 733. The molecule has 1 aliphatic rings. The zero-order valence-electron chi connectivity index (χ0n) is 9.97. The lowest BCUT2D eigenvalue weighted by Gasteiger charge is -1.98. The molecule has 0 N–H and O–H groups in total. The quantitative estimate of drug-likeness (QED) is 0.624. The normalized spacial score (nSPS) is 16.4. The summed E-state index contributed by atoms with van der Waals surface area (Å²) in [5.41, 5.74) is 0.785. The third kappa shape index (κ3) is 2.48. The standard InChI is InChI=1S/C14H7Cl2NO3/c15-9-4-3-8(10(16)7-9)6-11-14(18)20-13(17-11)12-2-1-5-19-12/h1-7H/b11-6+. The summed E-state index contributed by atoms with van der Waals surface area (Å²) in [4.78, 5) is 15.8. The van der Waals surface area contributed by atoms with E-state index in [0.717, 1.165) is 0 Å². The van der Waals surface area contributed by atoms with Gasteiger partial charge in [-0.25, -0.2) is 9.79 Å². The summed E-state index contributed by atoms with van der Waals surface area (Å²) < 4.78 is 10.2. The molecule has 0 aliphatic carbocycles. The van der Waals surface area contributed by atoms with Crippen LogP contribution >= 0.6 is 23.2 Å². The van der Waals surface area contributed by atoms with Crippen LogP contribution in [0, 0.1) is 0 Å². The molecule has 1 aromatic carbocycles. The van der Waals surface area contributed by atoms with E-state index in [4.69, 9.17) is 32.4 Å². The Balaban J connectivity index is 1.97. The Morgan fingerprint density at radius 3 is 2.75 bits per heavy atom. The van der Waals surface area contributed by atoms with E-state index in [0.29, 0.717) is 21.4 Å². The molecule has 0 radical (unpaired) electrons. The number of aliphatic imine (C=N–C) groups is 1. The number of halogens is 2. The largest absolute Gasteiger partial charge is 0.459 e. The molecular formula is C14H7Cl2NO3. The van der Waals surface area contributed by atoms with Crippen molar-refractivity contribution in [2.75, 3.05) is 0 Å². The molecule has 20 heavy (non-hydrogen) atoms. The van der Waals surface area contributed by atoms with Gasteiger partial charge >= 0.3 is 5.97 Å². The maximum absolute atomic E-state index is 11.7. The van der Waals surface area contributed by atoms with Crippen molar-refractivity contribution >= 4 is 41.1 Å². The van der Waals surface area contributed by atoms with E-state index in [1.54, 1.807) is 30.3 Å². The van der Waals surface area contributed by atoms with Crippen molar-refractivity contribution in [2.24, 2.45) is 4.99 Å². The van der Waals surface area contributed by atoms with E-state index >= 15 is 0 Å². The predicted octanol–water partition coefficient (Wildman–Crippen LogP) is 3.93. The van der Waals surface area contributed by atoms with Crippen LogP contribution in [0.25, 0.3) is 6.08 Å². The summed E-state index contributed by atoms with van der Waals surface area (Å²) >= 11 is 11.9. The zero-order valence-corrected chi connectivity index (χ0v) is 11.5. The summed E-state index contributed by atoms with van der Waals surface area (Å²) in [5.74, 6) is -0.0253. The van der Waals surface area contributed by atoms with Crippen LogP contribution in [0.1, 0.15) is 11.3 Å². The highest BCUT2D eigenvalue weighted by atomic mass is 35.5. The predicted molar refractivity (Wildman–Crippen MR) is 75.8 cm³/mol. The van der Waals surface area contributed by atoms with Gasteiger partial charge in [0.25, 0.3) is 5.90 Å². The van der Waals surface area contributed by atoms with Crippen LogP contribution in [-0.2, 0) is 9.53 Å². The van der Waals surface area contributed by atoms with Crippen LogP contribution in [-0.4, -0.2) is 11.9 Å². The molecule has 0 unspecified atom stereocenters. The lowest BCUT2D eigenvalue weighted by atomic mass is 10.2. The summed E-state index contributed by atoms with van der Waals surface area (Å²) in [6.45, 7) is 0. The van der Waals surface area contributed by atoms with Crippen molar-refractivity contribution in [3.05, 3.63) is 63.7 Å². The third-order valence-electron chi connectivity index (χ3n) is 2.61. The fourth-order valence-electron chi connectivity index (χ4n) is 1.68. The van der Waals surface area contributed by atoms with Crippen molar-refractivity contribution in [1.82, 2.24) is 0 Å². The highest BCUT2D eigenvalue weighted by Gasteiger charge is 2.25. The molecule has 0 bridgehead atoms. The Morgan fingerprint density at radius 2 is 2.05 bits per heavy atom. The van der Waals surface area contributed by atoms with Crippen LogP contribution in [0.15, 0.2) is 51.7 Å². The van der Waals surface area contributed by atoms with Gasteiger partial charge in [-0.05, 0) is 35.9 Å². The fourth-order valence-corrected chi connectivity index (χ4v) is 2.14. The molecule has 0 saturated heterocycles. The van der Waals surface area contributed by atoms with Gasteiger partial charge in [0.2, 0.25) is 0 Å².